The molecule has 1 amide bonds. The molecule has 1 atom stereocenters. The molecule has 2 aromatic rings. The average molecular weight is 270 g/mol. The topological polar surface area (TPSA) is 75.3 Å². The normalized spacial score (nSPS) is 11.9. The predicted molar refractivity (Wildman–Crippen MR) is 79.5 cm³/mol. The zero-order valence-corrected chi connectivity index (χ0v) is 11.3. The number of phenols is 1. The molecule has 0 radical (unpaired) electrons. The minimum absolute atomic E-state index is 0.0378. The second-order valence-electron chi connectivity index (χ2n) is 4.58. The van der Waals surface area contributed by atoms with Crippen molar-refractivity contribution in [2.45, 2.75) is 19.4 Å². The lowest BCUT2D eigenvalue weighted by Crippen LogP contribution is -2.27. The highest BCUT2D eigenvalue weighted by Crippen LogP contribution is 2.25. The number of nitrogens with two attached hydrogens (primary N) is 1. The van der Waals surface area contributed by atoms with Crippen LogP contribution in [0.3, 0.4) is 0 Å². The molecule has 0 fully saturated rings. The zero-order chi connectivity index (χ0) is 14.5. The number of aromatic hydroxyl groups is 1. The van der Waals surface area contributed by atoms with Crippen molar-refractivity contribution in [3.8, 4) is 5.75 Å². The Labute approximate surface area is 118 Å². The van der Waals surface area contributed by atoms with Gasteiger partial charge in [0.1, 0.15) is 11.8 Å². The van der Waals surface area contributed by atoms with Crippen LogP contribution in [0.25, 0.3) is 0 Å². The van der Waals surface area contributed by atoms with Crippen LogP contribution < -0.4 is 11.1 Å². The van der Waals surface area contributed by atoms with E-state index in [0.717, 1.165) is 17.5 Å². The molecule has 0 aromatic heterocycles. The van der Waals surface area contributed by atoms with E-state index in [2.05, 4.69) is 5.32 Å². The molecule has 0 aliphatic carbocycles. The van der Waals surface area contributed by atoms with Gasteiger partial charge in [0.25, 0.3) is 0 Å². The van der Waals surface area contributed by atoms with Gasteiger partial charge < -0.3 is 16.2 Å². The number of nitrogens with one attached hydrogen (secondary N) is 1. The van der Waals surface area contributed by atoms with Crippen molar-refractivity contribution in [1.82, 2.24) is 0 Å². The van der Waals surface area contributed by atoms with E-state index in [1.807, 2.05) is 31.2 Å². The van der Waals surface area contributed by atoms with E-state index in [0.29, 0.717) is 5.69 Å². The molecule has 2 rings (SSSR count). The predicted octanol–water partition coefficient (Wildman–Crippen LogP) is 2.59. The molecule has 0 unspecified atom stereocenters. The number of carbonyl (C=O) groups is 1. The maximum atomic E-state index is 12.1. The quantitative estimate of drug-likeness (QED) is 0.747. The van der Waals surface area contributed by atoms with E-state index < -0.39 is 6.04 Å². The van der Waals surface area contributed by atoms with E-state index in [1.54, 1.807) is 24.3 Å². The minimum Gasteiger partial charge on any atom is -0.506 e. The smallest absolute Gasteiger partial charge is 0.245 e. The maximum absolute atomic E-state index is 12.1. The van der Waals surface area contributed by atoms with Crippen molar-refractivity contribution in [3.63, 3.8) is 0 Å². The molecule has 0 spiro atoms. The highest BCUT2D eigenvalue weighted by Gasteiger charge is 2.16. The fraction of sp³-hybridized carbons (Fsp3) is 0.188. The summed E-state index contributed by atoms with van der Waals surface area (Å²) in [5, 5.41) is 12.4. The van der Waals surface area contributed by atoms with Gasteiger partial charge in [-0.1, -0.05) is 43.3 Å². The van der Waals surface area contributed by atoms with Gasteiger partial charge in [0, 0.05) is 0 Å². The molecule has 0 saturated carbocycles. The SMILES string of the molecule is CCc1ccc(O)c(NC(=O)[C@H](N)c2ccccc2)c1. The number of benzene rings is 2. The molecule has 0 saturated heterocycles. The summed E-state index contributed by atoms with van der Waals surface area (Å²) < 4.78 is 0. The third-order valence-electron chi connectivity index (χ3n) is 3.17. The van der Waals surface area contributed by atoms with E-state index in [-0.39, 0.29) is 11.7 Å². The fourth-order valence-electron chi connectivity index (χ4n) is 1.93. The Morgan fingerprint density at radius 3 is 2.60 bits per heavy atom. The molecule has 0 bridgehead atoms. The second-order valence-corrected chi connectivity index (χ2v) is 4.58. The van der Waals surface area contributed by atoms with Gasteiger partial charge >= 0.3 is 0 Å². The Balaban J connectivity index is 2.15. The first-order chi connectivity index (χ1) is 9.61. The van der Waals surface area contributed by atoms with Crippen LogP contribution >= 0.6 is 0 Å². The first-order valence-electron chi connectivity index (χ1n) is 6.55. The van der Waals surface area contributed by atoms with E-state index in [9.17, 15) is 9.90 Å². The number of phenolic OH excluding ortho intramolecular Hbond substituents is 1. The first-order valence-corrected chi connectivity index (χ1v) is 6.55. The Morgan fingerprint density at radius 2 is 1.95 bits per heavy atom. The van der Waals surface area contributed by atoms with Crippen LogP contribution in [0.2, 0.25) is 0 Å². The van der Waals surface area contributed by atoms with Crippen molar-refractivity contribution in [2.75, 3.05) is 5.32 Å². The maximum Gasteiger partial charge on any atom is 0.245 e. The molecule has 2 aromatic carbocycles. The van der Waals surface area contributed by atoms with Crippen LogP contribution in [0.5, 0.6) is 5.75 Å². The summed E-state index contributed by atoms with van der Waals surface area (Å²) in [4.78, 5) is 12.1. The van der Waals surface area contributed by atoms with Crippen LogP contribution in [0.15, 0.2) is 48.5 Å². The number of anilines is 1. The fourth-order valence-corrected chi connectivity index (χ4v) is 1.93. The third-order valence-corrected chi connectivity index (χ3v) is 3.17. The lowest BCUT2D eigenvalue weighted by atomic mass is 10.1. The van der Waals surface area contributed by atoms with Gasteiger partial charge in [0.05, 0.1) is 5.69 Å². The van der Waals surface area contributed by atoms with Crippen molar-refractivity contribution >= 4 is 11.6 Å². The highest BCUT2D eigenvalue weighted by molar-refractivity contribution is 5.96. The summed E-state index contributed by atoms with van der Waals surface area (Å²) in [5.74, 6) is -0.310. The number of amides is 1. The van der Waals surface area contributed by atoms with Gasteiger partial charge in [-0.3, -0.25) is 4.79 Å². The van der Waals surface area contributed by atoms with Crippen LogP contribution in [-0.4, -0.2) is 11.0 Å². The molecule has 0 aliphatic rings. The summed E-state index contributed by atoms with van der Waals surface area (Å²) in [6, 6.07) is 13.5. The zero-order valence-electron chi connectivity index (χ0n) is 11.3. The molecular weight excluding hydrogens is 252 g/mol. The van der Waals surface area contributed by atoms with Gasteiger partial charge in [-0.2, -0.15) is 0 Å². The Morgan fingerprint density at radius 1 is 1.25 bits per heavy atom. The second kappa shape index (κ2) is 6.21. The number of carbonyl (C=O) groups excluding carboxylic acids is 1. The molecule has 4 heteroatoms. The highest BCUT2D eigenvalue weighted by atomic mass is 16.3. The number of aryl methyl sites for hydroxylation is 1. The summed E-state index contributed by atoms with van der Waals surface area (Å²) in [5.41, 5.74) is 8.07. The van der Waals surface area contributed by atoms with Crippen LogP contribution in [-0.2, 0) is 11.2 Å². The summed E-state index contributed by atoms with van der Waals surface area (Å²) in [6.45, 7) is 2.01. The average Bonchev–Trinajstić information content (AvgIpc) is 2.49. The van der Waals surface area contributed by atoms with Crippen molar-refractivity contribution in [3.05, 3.63) is 59.7 Å². The number of hydrogen-bond donors (Lipinski definition) is 3. The Bertz CT molecular complexity index is 597. The molecular formula is C16H18N2O2. The monoisotopic (exact) mass is 270 g/mol. The summed E-state index contributed by atoms with van der Waals surface area (Å²) >= 11 is 0. The largest absolute Gasteiger partial charge is 0.506 e. The lowest BCUT2D eigenvalue weighted by molar-refractivity contribution is -0.117. The number of hydrogen-bond acceptors (Lipinski definition) is 3. The molecule has 4 nitrogen and oxygen atoms in total. The minimum atomic E-state index is -0.763. The van der Waals surface area contributed by atoms with Crippen LogP contribution in [0, 0.1) is 0 Å². The Kier molecular flexibility index (Phi) is 4.38. The third kappa shape index (κ3) is 3.16. The molecule has 0 heterocycles. The van der Waals surface area contributed by atoms with E-state index >= 15 is 0 Å². The van der Waals surface area contributed by atoms with Gasteiger partial charge in [0.2, 0.25) is 5.91 Å². The van der Waals surface area contributed by atoms with Crippen molar-refractivity contribution in [2.24, 2.45) is 5.73 Å². The van der Waals surface area contributed by atoms with Crippen LogP contribution in [0.4, 0.5) is 5.69 Å². The lowest BCUT2D eigenvalue weighted by Gasteiger charge is -2.14. The first kappa shape index (κ1) is 14.1. The van der Waals surface area contributed by atoms with Crippen molar-refractivity contribution in [1.29, 1.82) is 0 Å². The van der Waals surface area contributed by atoms with Gasteiger partial charge in [-0.05, 0) is 29.7 Å². The standard InChI is InChI=1S/C16H18N2O2/c1-2-11-8-9-14(19)13(10-11)18-16(20)15(17)12-6-4-3-5-7-12/h3-10,15,19H,2,17H2,1H3,(H,18,20)/t15-/m1/s1. The Hall–Kier alpha value is -2.33. The van der Waals surface area contributed by atoms with E-state index in [1.165, 1.54) is 0 Å². The van der Waals surface area contributed by atoms with Gasteiger partial charge in [-0.25, -0.2) is 0 Å². The summed E-state index contributed by atoms with van der Waals surface area (Å²) in [7, 11) is 0. The summed E-state index contributed by atoms with van der Waals surface area (Å²) in [6.07, 6.45) is 0.827. The van der Waals surface area contributed by atoms with Gasteiger partial charge in [0.15, 0.2) is 0 Å². The molecule has 20 heavy (non-hydrogen) atoms. The van der Waals surface area contributed by atoms with Crippen LogP contribution in [0.1, 0.15) is 24.1 Å². The molecule has 104 valence electrons. The molecule has 4 N–H and O–H groups in total. The molecule has 0 aliphatic heterocycles. The number of rotatable bonds is 4. The van der Waals surface area contributed by atoms with Gasteiger partial charge in [-0.15, -0.1) is 0 Å². The van der Waals surface area contributed by atoms with E-state index in [4.69, 9.17) is 5.73 Å². The van der Waals surface area contributed by atoms with Crippen molar-refractivity contribution < 1.29 is 9.90 Å².